The highest BCUT2D eigenvalue weighted by molar-refractivity contribution is 5.54. The molecular formula is C15H13F2N5O. The molecule has 23 heavy (non-hydrogen) atoms. The van der Waals surface area contributed by atoms with E-state index in [9.17, 15) is 13.6 Å². The Morgan fingerprint density at radius 3 is 2.65 bits per heavy atom. The van der Waals surface area contributed by atoms with Crippen LogP contribution in [0.5, 0.6) is 0 Å². The average Bonchev–Trinajstić information content (AvgIpc) is 2.95. The third kappa shape index (κ3) is 2.85. The second-order valence-electron chi connectivity index (χ2n) is 5.39. The van der Waals surface area contributed by atoms with Gasteiger partial charge in [-0.2, -0.15) is 5.26 Å². The van der Waals surface area contributed by atoms with E-state index in [1.807, 2.05) is 0 Å². The molecule has 1 fully saturated rings. The fourth-order valence-electron chi connectivity index (χ4n) is 2.84. The largest absolute Gasteiger partial charge is 0.369 e. The summed E-state index contributed by atoms with van der Waals surface area (Å²) in [7, 11) is 0. The van der Waals surface area contributed by atoms with Gasteiger partial charge in [-0.05, 0) is 18.6 Å². The molecule has 2 heterocycles. The minimum absolute atomic E-state index is 0.0154. The molecule has 1 aliphatic rings. The molecule has 1 unspecified atom stereocenters. The highest BCUT2D eigenvalue weighted by Crippen LogP contribution is 2.33. The molecule has 8 heteroatoms. The Kier molecular flexibility index (Phi) is 3.70. The molecule has 1 saturated heterocycles. The number of benzene rings is 1. The number of hydrogen-bond acceptors (Lipinski definition) is 5. The van der Waals surface area contributed by atoms with E-state index >= 15 is 0 Å². The van der Waals surface area contributed by atoms with Crippen LogP contribution in [0.3, 0.4) is 0 Å². The van der Waals surface area contributed by atoms with Gasteiger partial charge in [-0.1, -0.05) is 0 Å². The quantitative estimate of drug-likeness (QED) is 0.874. The second kappa shape index (κ2) is 5.68. The number of nitrogens with zero attached hydrogens (tertiary/aromatic N) is 3. The second-order valence-corrected chi connectivity index (χ2v) is 5.39. The lowest BCUT2D eigenvalue weighted by Crippen LogP contribution is -2.23. The first-order valence-corrected chi connectivity index (χ1v) is 6.98. The first-order chi connectivity index (χ1) is 11.0. The molecule has 0 bridgehead atoms. The van der Waals surface area contributed by atoms with Crippen molar-refractivity contribution in [3.63, 3.8) is 0 Å². The number of nitrogens with one attached hydrogen (secondary N) is 1. The number of hydrogen-bond donors (Lipinski definition) is 2. The Morgan fingerprint density at radius 1 is 1.35 bits per heavy atom. The van der Waals surface area contributed by atoms with Crippen LogP contribution in [0.4, 0.5) is 20.4 Å². The highest BCUT2D eigenvalue weighted by Gasteiger charge is 2.29. The lowest BCUT2D eigenvalue weighted by molar-refractivity contribution is 0.576. The van der Waals surface area contributed by atoms with E-state index in [2.05, 4.69) is 9.97 Å². The van der Waals surface area contributed by atoms with Gasteiger partial charge in [0.25, 0.3) is 5.56 Å². The molecule has 1 aromatic carbocycles. The number of nitriles is 1. The maximum atomic E-state index is 14.1. The van der Waals surface area contributed by atoms with E-state index in [1.54, 1.807) is 11.0 Å². The van der Waals surface area contributed by atoms with Crippen LogP contribution < -0.4 is 16.2 Å². The number of rotatable bonds is 2. The minimum atomic E-state index is -0.777. The zero-order valence-corrected chi connectivity index (χ0v) is 12.0. The molecule has 0 saturated carbocycles. The fourth-order valence-corrected chi connectivity index (χ4v) is 2.84. The summed E-state index contributed by atoms with van der Waals surface area (Å²) in [6.45, 7) is 0.731. The normalized spacial score (nSPS) is 17.3. The molecule has 1 atom stereocenters. The van der Waals surface area contributed by atoms with Crippen LogP contribution in [0.15, 0.2) is 23.0 Å². The number of aromatic nitrogens is 2. The molecule has 0 amide bonds. The number of aromatic amines is 1. The maximum absolute atomic E-state index is 14.1. The van der Waals surface area contributed by atoms with E-state index in [4.69, 9.17) is 11.0 Å². The third-order valence-corrected chi connectivity index (χ3v) is 3.85. The molecule has 2 aromatic rings. The van der Waals surface area contributed by atoms with Crippen molar-refractivity contribution in [2.24, 2.45) is 0 Å². The predicted octanol–water partition coefficient (Wildman–Crippen LogP) is 1.50. The van der Waals surface area contributed by atoms with Gasteiger partial charge in [0.05, 0.1) is 17.3 Å². The van der Waals surface area contributed by atoms with Crippen LogP contribution in [0.2, 0.25) is 0 Å². The van der Waals surface area contributed by atoms with Gasteiger partial charge in [0, 0.05) is 25.1 Å². The maximum Gasteiger partial charge on any atom is 0.252 e. The summed E-state index contributed by atoms with van der Waals surface area (Å²) in [4.78, 5) is 19.4. The Bertz CT molecular complexity index is 835. The van der Waals surface area contributed by atoms with Crippen molar-refractivity contribution in [1.82, 2.24) is 9.97 Å². The van der Waals surface area contributed by atoms with E-state index in [1.165, 1.54) is 6.07 Å². The monoisotopic (exact) mass is 317 g/mol. The summed E-state index contributed by atoms with van der Waals surface area (Å²) in [5, 5.41) is 8.74. The molecule has 0 radical (unpaired) electrons. The minimum Gasteiger partial charge on any atom is -0.369 e. The summed E-state index contributed by atoms with van der Waals surface area (Å²) in [5.74, 6) is -1.68. The van der Waals surface area contributed by atoms with Crippen LogP contribution in [0.25, 0.3) is 0 Å². The zero-order valence-electron chi connectivity index (χ0n) is 12.0. The zero-order chi connectivity index (χ0) is 16.6. The summed E-state index contributed by atoms with van der Waals surface area (Å²) < 4.78 is 28.2. The third-order valence-electron chi connectivity index (χ3n) is 3.85. The van der Waals surface area contributed by atoms with Crippen LogP contribution in [-0.2, 0) is 0 Å². The van der Waals surface area contributed by atoms with E-state index in [0.717, 1.165) is 12.1 Å². The van der Waals surface area contributed by atoms with Crippen molar-refractivity contribution >= 4 is 11.6 Å². The van der Waals surface area contributed by atoms with Crippen molar-refractivity contribution in [3.8, 4) is 6.07 Å². The molecule has 3 N–H and O–H groups in total. The topological polar surface area (TPSA) is 98.8 Å². The van der Waals surface area contributed by atoms with Crippen LogP contribution >= 0.6 is 0 Å². The molecule has 3 rings (SSSR count). The van der Waals surface area contributed by atoms with Gasteiger partial charge >= 0.3 is 0 Å². The number of anilines is 2. The Balaban J connectivity index is 1.88. The fraction of sp³-hybridized carbons (Fsp3) is 0.267. The van der Waals surface area contributed by atoms with Gasteiger partial charge in [0.2, 0.25) is 5.95 Å². The standard InChI is InChI=1S/C15H13F2N5O/c16-10-3-8(6-18)4-11(17)14(10)22-2-1-9(7-22)12-5-13(23)21-15(19)20-12/h3-5,9H,1-2,7H2,(H3,19,20,21,23). The lowest BCUT2D eigenvalue weighted by Gasteiger charge is -2.20. The molecule has 0 aliphatic carbocycles. The molecule has 6 nitrogen and oxygen atoms in total. The summed E-state index contributed by atoms with van der Waals surface area (Å²) in [5.41, 5.74) is 5.44. The molecular weight excluding hydrogens is 304 g/mol. The van der Waals surface area contributed by atoms with Gasteiger partial charge in [-0.3, -0.25) is 9.78 Å². The van der Waals surface area contributed by atoms with Crippen LogP contribution in [0, 0.1) is 23.0 Å². The number of H-pyrrole nitrogens is 1. The number of nitrogen functional groups attached to an aromatic ring is 1. The van der Waals surface area contributed by atoms with E-state index in [-0.39, 0.29) is 28.7 Å². The van der Waals surface area contributed by atoms with Crippen LogP contribution in [-0.4, -0.2) is 23.1 Å². The molecule has 1 aromatic heterocycles. The highest BCUT2D eigenvalue weighted by atomic mass is 19.1. The average molecular weight is 317 g/mol. The van der Waals surface area contributed by atoms with E-state index in [0.29, 0.717) is 25.2 Å². The lowest BCUT2D eigenvalue weighted by atomic mass is 10.1. The smallest absolute Gasteiger partial charge is 0.252 e. The van der Waals surface area contributed by atoms with Crippen molar-refractivity contribution in [2.45, 2.75) is 12.3 Å². The first-order valence-electron chi connectivity index (χ1n) is 6.98. The Hall–Kier alpha value is -2.95. The Morgan fingerprint density at radius 2 is 2.04 bits per heavy atom. The van der Waals surface area contributed by atoms with Crippen molar-refractivity contribution in [1.29, 1.82) is 5.26 Å². The first kappa shape index (κ1) is 15.0. The van der Waals surface area contributed by atoms with Crippen LogP contribution in [0.1, 0.15) is 23.6 Å². The van der Waals surface area contributed by atoms with Gasteiger partial charge in [0.15, 0.2) is 11.6 Å². The molecule has 0 spiro atoms. The van der Waals surface area contributed by atoms with Crippen molar-refractivity contribution < 1.29 is 8.78 Å². The van der Waals surface area contributed by atoms with Crippen molar-refractivity contribution in [2.75, 3.05) is 23.7 Å². The summed E-state index contributed by atoms with van der Waals surface area (Å²) in [6.07, 6.45) is 0.592. The molecule has 1 aliphatic heterocycles. The van der Waals surface area contributed by atoms with Gasteiger partial charge in [0.1, 0.15) is 5.69 Å². The van der Waals surface area contributed by atoms with Gasteiger partial charge in [-0.25, -0.2) is 13.8 Å². The summed E-state index contributed by atoms with van der Waals surface area (Å²) in [6, 6.07) is 5.07. The SMILES string of the molecule is N#Cc1cc(F)c(N2CCC(c3cc(=O)[nH]c(N)n3)C2)c(F)c1. The number of nitrogens with two attached hydrogens (primary N) is 1. The summed E-state index contributed by atoms with van der Waals surface area (Å²) >= 11 is 0. The Labute approximate surface area is 130 Å². The number of halogens is 2. The van der Waals surface area contributed by atoms with Gasteiger partial charge in [-0.15, -0.1) is 0 Å². The van der Waals surface area contributed by atoms with Crippen molar-refractivity contribution in [3.05, 3.63) is 51.4 Å². The van der Waals surface area contributed by atoms with Gasteiger partial charge < -0.3 is 10.6 Å². The van der Waals surface area contributed by atoms with E-state index < -0.39 is 11.6 Å². The predicted molar refractivity (Wildman–Crippen MR) is 79.9 cm³/mol. The molecule has 118 valence electrons.